The second-order valence-corrected chi connectivity index (χ2v) is 5.25. The van der Waals surface area contributed by atoms with Crippen molar-refractivity contribution in [2.24, 2.45) is 0 Å². The smallest absolute Gasteiger partial charge is 0.349 e. The van der Waals surface area contributed by atoms with Crippen LogP contribution < -0.4 is 10.2 Å². The highest BCUT2D eigenvalue weighted by atomic mass is 16.6. The van der Waals surface area contributed by atoms with Crippen molar-refractivity contribution in [1.82, 2.24) is 0 Å². The summed E-state index contributed by atoms with van der Waals surface area (Å²) in [6, 6.07) is 14.9. The lowest BCUT2D eigenvalue weighted by Gasteiger charge is -2.06. The van der Waals surface area contributed by atoms with E-state index in [1.807, 2.05) is 0 Å². The van der Waals surface area contributed by atoms with E-state index >= 15 is 0 Å². The summed E-state index contributed by atoms with van der Waals surface area (Å²) in [7, 11) is 0. The van der Waals surface area contributed by atoms with Gasteiger partial charge in [0.25, 0.3) is 0 Å². The van der Waals surface area contributed by atoms with E-state index in [0.717, 1.165) is 0 Å². The third kappa shape index (κ3) is 3.92. The molecule has 0 aliphatic rings. The minimum absolute atomic E-state index is 0.131. The van der Waals surface area contributed by atoms with Gasteiger partial charge in [-0.3, -0.25) is 9.59 Å². The maximum Gasteiger partial charge on any atom is 0.349 e. The van der Waals surface area contributed by atoms with Crippen LogP contribution in [0.4, 0.5) is 0 Å². The minimum Gasteiger partial charge on any atom is -0.456 e. The molecule has 0 saturated carbocycles. The second kappa shape index (κ2) is 7.00. The van der Waals surface area contributed by atoms with E-state index in [9.17, 15) is 14.4 Å². The maximum atomic E-state index is 12.1. The molecule has 0 aliphatic heterocycles. The SMILES string of the molecule is CC(=O)OCC(=O)Oc1ccc(-c2cc(=O)c3ccccc3o2)cc1. The first kappa shape index (κ1) is 16.4. The molecule has 25 heavy (non-hydrogen) atoms. The quantitative estimate of drug-likeness (QED) is 0.537. The summed E-state index contributed by atoms with van der Waals surface area (Å²) >= 11 is 0. The second-order valence-electron chi connectivity index (χ2n) is 5.25. The zero-order valence-electron chi connectivity index (χ0n) is 13.4. The maximum absolute atomic E-state index is 12.1. The van der Waals surface area contributed by atoms with Crippen LogP contribution in [0.25, 0.3) is 22.3 Å². The highest BCUT2D eigenvalue weighted by molar-refractivity contribution is 5.79. The Kier molecular flexibility index (Phi) is 4.61. The summed E-state index contributed by atoms with van der Waals surface area (Å²) in [5.74, 6) is -0.524. The molecule has 1 aromatic heterocycles. The van der Waals surface area contributed by atoms with Gasteiger partial charge in [-0.15, -0.1) is 0 Å². The van der Waals surface area contributed by atoms with Gasteiger partial charge in [0, 0.05) is 18.6 Å². The summed E-state index contributed by atoms with van der Waals surface area (Å²) in [6.07, 6.45) is 0. The molecule has 126 valence electrons. The van der Waals surface area contributed by atoms with Crippen molar-refractivity contribution < 1.29 is 23.5 Å². The Labute approximate surface area is 142 Å². The number of carbonyl (C=O) groups excluding carboxylic acids is 2. The van der Waals surface area contributed by atoms with E-state index < -0.39 is 18.5 Å². The van der Waals surface area contributed by atoms with Crippen LogP contribution in [-0.2, 0) is 14.3 Å². The van der Waals surface area contributed by atoms with Crippen LogP contribution in [0.2, 0.25) is 0 Å². The van der Waals surface area contributed by atoms with E-state index in [4.69, 9.17) is 9.15 Å². The predicted octanol–water partition coefficient (Wildman–Crippen LogP) is 2.93. The summed E-state index contributed by atoms with van der Waals surface area (Å²) < 4.78 is 15.4. The third-order valence-corrected chi connectivity index (χ3v) is 3.40. The fraction of sp³-hybridized carbons (Fsp3) is 0.105. The monoisotopic (exact) mass is 338 g/mol. The van der Waals surface area contributed by atoms with E-state index in [1.165, 1.54) is 13.0 Å². The van der Waals surface area contributed by atoms with Gasteiger partial charge in [0.15, 0.2) is 12.0 Å². The molecular formula is C19H14O6. The summed E-state index contributed by atoms with van der Waals surface area (Å²) in [4.78, 5) is 34.3. The lowest BCUT2D eigenvalue weighted by Crippen LogP contribution is -2.17. The Morgan fingerprint density at radius 2 is 1.76 bits per heavy atom. The molecule has 0 atom stereocenters. The molecule has 1 heterocycles. The molecule has 2 aromatic carbocycles. The van der Waals surface area contributed by atoms with Crippen molar-refractivity contribution in [3.63, 3.8) is 0 Å². The zero-order chi connectivity index (χ0) is 17.8. The molecule has 6 heteroatoms. The van der Waals surface area contributed by atoms with Gasteiger partial charge in [-0.1, -0.05) is 12.1 Å². The normalized spacial score (nSPS) is 10.4. The van der Waals surface area contributed by atoms with Gasteiger partial charge in [-0.25, -0.2) is 4.79 Å². The largest absolute Gasteiger partial charge is 0.456 e. The van der Waals surface area contributed by atoms with Crippen LogP contribution in [0.1, 0.15) is 6.92 Å². The van der Waals surface area contributed by atoms with Gasteiger partial charge in [0.05, 0.1) is 5.39 Å². The fourth-order valence-corrected chi connectivity index (χ4v) is 2.25. The Bertz CT molecular complexity index is 985. The van der Waals surface area contributed by atoms with Gasteiger partial charge in [0.1, 0.15) is 17.1 Å². The lowest BCUT2D eigenvalue weighted by molar-refractivity contribution is -0.152. The molecule has 0 spiro atoms. The molecule has 6 nitrogen and oxygen atoms in total. The van der Waals surface area contributed by atoms with Crippen LogP contribution in [0.15, 0.2) is 63.8 Å². The number of ether oxygens (including phenoxy) is 2. The molecule has 3 aromatic rings. The molecule has 0 aliphatic carbocycles. The molecule has 0 radical (unpaired) electrons. The average Bonchev–Trinajstić information content (AvgIpc) is 2.60. The molecule has 3 rings (SSSR count). The molecule has 0 bridgehead atoms. The molecule has 0 N–H and O–H groups in total. The number of benzene rings is 2. The highest BCUT2D eigenvalue weighted by Crippen LogP contribution is 2.24. The van der Waals surface area contributed by atoms with Crippen LogP contribution >= 0.6 is 0 Å². The van der Waals surface area contributed by atoms with Gasteiger partial charge in [0.2, 0.25) is 0 Å². The Hall–Kier alpha value is -3.41. The number of carbonyl (C=O) groups is 2. The standard InChI is InChI=1S/C19H14O6/c1-12(20)23-11-19(22)24-14-8-6-13(7-9-14)18-10-16(21)15-4-2-3-5-17(15)25-18/h2-10H,11H2,1H3. The summed E-state index contributed by atoms with van der Waals surface area (Å²) in [5, 5.41) is 0.516. The van der Waals surface area contributed by atoms with Crippen LogP contribution in [-0.4, -0.2) is 18.5 Å². The van der Waals surface area contributed by atoms with Crippen LogP contribution in [0.3, 0.4) is 0 Å². The molecule has 0 saturated heterocycles. The fourth-order valence-electron chi connectivity index (χ4n) is 2.25. The van der Waals surface area contributed by atoms with Crippen molar-refractivity contribution in [2.75, 3.05) is 6.61 Å². The Morgan fingerprint density at radius 3 is 2.48 bits per heavy atom. The van der Waals surface area contributed by atoms with E-state index in [-0.39, 0.29) is 5.43 Å². The topological polar surface area (TPSA) is 82.8 Å². The summed E-state index contributed by atoms with van der Waals surface area (Å²) in [6.45, 7) is 0.760. The van der Waals surface area contributed by atoms with Crippen LogP contribution in [0, 0.1) is 0 Å². The van der Waals surface area contributed by atoms with Gasteiger partial charge in [-0.2, -0.15) is 0 Å². The third-order valence-electron chi connectivity index (χ3n) is 3.40. The number of esters is 2. The van der Waals surface area contributed by atoms with E-state index in [1.54, 1.807) is 48.5 Å². The van der Waals surface area contributed by atoms with Gasteiger partial charge >= 0.3 is 11.9 Å². The number of rotatable bonds is 4. The van der Waals surface area contributed by atoms with Crippen LogP contribution in [0.5, 0.6) is 5.75 Å². The minimum atomic E-state index is -0.680. The molecular weight excluding hydrogens is 324 g/mol. The Morgan fingerprint density at radius 1 is 1.04 bits per heavy atom. The van der Waals surface area contributed by atoms with Crippen molar-refractivity contribution in [3.05, 3.63) is 64.8 Å². The lowest BCUT2D eigenvalue weighted by atomic mass is 10.1. The highest BCUT2D eigenvalue weighted by Gasteiger charge is 2.09. The number of fused-ring (bicyclic) bond motifs is 1. The molecule has 0 unspecified atom stereocenters. The summed E-state index contributed by atoms with van der Waals surface area (Å²) in [5.41, 5.74) is 1.04. The first-order valence-electron chi connectivity index (χ1n) is 7.50. The first-order chi connectivity index (χ1) is 12.0. The van der Waals surface area contributed by atoms with Crippen molar-refractivity contribution >= 4 is 22.9 Å². The van der Waals surface area contributed by atoms with E-state index in [2.05, 4.69) is 4.74 Å². The molecule has 0 fully saturated rings. The number of hydrogen-bond acceptors (Lipinski definition) is 6. The average molecular weight is 338 g/mol. The first-order valence-corrected chi connectivity index (χ1v) is 7.50. The number of para-hydroxylation sites is 1. The van der Waals surface area contributed by atoms with Gasteiger partial charge < -0.3 is 13.9 Å². The molecule has 0 amide bonds. The predicted molar refractivity (Wildman–Crippen MR) is 90.2 cm³/mol. The van der Waals surface area contributed by atoms with Crippen molar-refractivity contribution in [2.45, 2.75) is 6.92 Å². The number of hydrogen-bond donors (Lipinski definition) is 0. The Balaban J connectivity index is 1.80. The zero-order valence-corrected chi connectivity index (χ0v) is 13.4. The van der Waals surface area contributed by atoms with Crippen molar-refractivity contribution in [3.8, 4) is 17.1 Å². The van der Waals surface area contributed by atoms with Gasteiger partial charge in [-0.05, 0) is 36.4 Å². The van der Waals surface area contributed by atoms with E-state index in [0.29, 0.717) is 28.0 Å². The van der Waals surface area contributed by atoms with Crippen molar-refractivity contribution in [1.29, 1.82) is 0 Å².